The van der Waals surface area contributed by atoms with Crippen molar-refractivity contribution in [3.63, 3.8) is 0 Å². The fourth-order valence-electron chi connectivity index (χ4n) is 0.891. The maximum Gasteiger partial charge on any atom is 0.343 e. The zero-order valence-electron chi connectivity index (χ0n) is 8.51. The zero-order valence-corrected chi connectivity index (χ0v) is 9.33. The Labute approximate surface area is 86.2 Å². The molecular weight excluding hydrogens is 222 g/mol. The summed E-state index contributed by atoms with van der Waals surface area (Å²) in [6.45, 7) is 1.42. The summed E-state index contributed by atoms with van der Waals surface area (Å²) in [6.07, 6.45) is 0.997. The van der Waals surface area contributed by atoms with Crippen LogP contribution in [0.2, 0.25) is 0 Å². The van der Waals surface area contributed by atoms with Gasteiger partial charge in [0.15, 0.2) is 0 Å². The summed E-state index contributed by atoms with van der Waals surface area (Å²) in [7, 11) is -1.29. The Kier molecular flexibility index (Phi) is 2.82. The highest BCUT2D eigenvalue weighted by Gasteiger charge is 2.18. The van der Waals surface area contributed by atoms with Crippen LogP contribution in [0.1, 0.15) is 5.56 Å². The van der Waals surface area contributed by atoms with Crippen LogP contribution in [-0.2, 0) is 10.2 Å². The van der Waals surface area contributed by atoms with Crippen LogP contribution >= 0.6 is 0 Å². The molecule has 0 aliphatic carbocycles. The molecule has 0 aromatic carbocycles. The second kappa shape index (κ2) is 3.63. The highest BCUT2D eigenvalue weighted by atomic mass is 32.2. The molecule has 1 aromatic heterocycles. The second-order valence-electron chi connectivity index (χ2n) is 3.16. The number of aromatic nitrogens is 2. The SMILES string of the molecule is Cc1cn(S(=O)(=O)N(C)C)c(=O)[nH]c1=O. The topological polar surface area (TPSA) is 92.2 Å². The molecule has 1 heterocycles. The number of hydrogen-bond acceptors (Lipinski definition) is 4. The number of H-pyrrole nitrogens is 1. The maximum absolute atomic E-state index is 11.6. The maximum atomic E-state index is 11.6. The van der Waals surface area contributed by atoms with E-state index in [9.17, 15) is 18.0 Å². The van der Waals surface area contributed by atoms with Crippen LogP contribution in [0.5, 0.6) is 0 Å². The molecule has 0 radical (unpaired) electrons. The molecule has 0 bridgehead atoms. The molecule has 0 amide bonds. The molecule has 8 heteroatoms. The van der Waals surface area contributed by atoms with Crippen LogP contribution < -0.4 is 11.2 Å². The van der Waals surface area contributed by atoms with Gasteiger partial charge in [-0.25, -0.2) is 4.79 Å². The molecule has 0 saturated heterocycles. The fraction of sp³-hybridized carbons (Fsp3) is 0.429. The van der Waals surface area contributed by atoms with Crippen LogP contribution in [-0.4, -0.2) is 35.8 Å². The standard InChI is InChI=1S/C7H11N3O4S/c1-5-4-10(7(12)8-6(5)11)15(13,14)9(2)3/h4H,1-3H3,(H,8,11,12). The van der Waals surface area contributed by atoms with Crippen LogP contribution in [0.25, 0.3) is 0 Å². The first-order valence-corrected chi connectivity index (χ1v) is 5.42. The van der Waals surface area contributed by atoms with Crippen molar-refractivity contribution in [2.45, 2.75) is 6.92 Å². The summed E-state index contributed by atoms with van der Waals surface area (Å²) in [5.74, 6) is 0. The van der Waals surface area contributed by atoms with Crippen molar-refractivity contribution in [2.24, 2.45) is 0 Å². The molecule has 0 spiro atoms. The monoisotopic (exact) mass is 233 g/mol. The van der Waals surface area contributed by atoms with E-state index in [4.69, 9.17) is 0 Å². The number of rotatable bonds is 2. The largest absolute Gasteiger partial charge is 0.343 e. The van der Waals surface area contributed by atoms with Gasteiger partial charge >= 0.3 is 15.9 Å². The van der Waals surface area contributed by atoms with E-state index >= 15 is 0 Å². The van der Waals surface area contributed by atoms with Gasteiger partial charge in [0.25, 0.3) is 5.56 Å². The van der Waals surface area contributed by atoms with Gasteiger partial charge in [-0.2, -0.15) is 16.7 Å². The average Bonchev–Trinajstić information content (AvgIpc) is 2.10. The second-order valence-corrected chi connectivity index (χ2v) is 5.18. The lowest BCUT2D eigenvalue weighted by atomic mass is 10.4. The molecule has 1 rings (SSSR count). The molecule has 84 valence electrons. The molecule has 1 aromatic rings. The van der Waals surface area contributed by atoms with Crippen LogP contribution in [0, 0.1) is 6.92 Å². The summed E-state index contributed by atoms with van der Waals surface area (Å²) in [4.78, 5) is 24.2. The molecule has 0 aliphatic rings. The Morgan fingerprint density at radius 2 is 1.87 bits per heavy atom. The molecule has 0 aliphatic heterocycles. The van der Waals surface area contributed by atoms with Gasteiger partial charge in [0.05, 0.1) is 0 Å². The molecule has 1 N–H and O–H groups in total. The quantitative estimate of drug-likeness (QED) is 0.672. The van der Waals surface area contributed by atoms with Crippen molar-refractivity contribution in [1.82, 2.24) is 13.3 Å². The summed E-state index contributed by atoms with van der Waals surface area (Å²) < 4.78 is 24.5. The normalized spacial score (nSPS) is 12.0. The third-order valence-corrected chi connectivity index (χ3v) is 3.49. The minimum Gasteiger partial charge on any atom is -0.273 e. The van der Waals surface area contributed by atoms with Crippen molar-refractivity contribution < 1.29 is 8.42 Å². The molecule has 0 fully saturated rings. The van der Waals surface area contributed by atoms with Gasteiger partial charge in [0.1, 0.15) is 0 Å². The fourth-order valence-corrected chi connectivity index (χ4v) is 1.79. The Morgan fingerprint density at radius 1 is 1.33 bits per heavy atom. The Morgan fingerprint density at radius 3 is 2.33 bits per heavy atom. The number of aryl methyl sites for hydroxylation is 1. The summed E-state index contributed by atoms with van der Waals surface area (Å²) in [6, 6.07) is 0. The van der Waals surface area contributed by atoms with E-state index in [2.05, 4.69) is 0 Å². The highest BCUT2D eigenvalue weighted by molar-refractivity contribution is 7.87. The number of nitrogens with one attached hydrogen (secondary N) is 1. The summed E-state index contributed by atoms with van der Waals surface area (Å²) >= 11 is 0. The predicted octanol–water partition coefficient (Wildman–Crippen LogP) is -1.50. The van der Waals surface area contributed by atoms with E-state index in [0.29, 0.717) is 3.97 Å². The van der Waals surface area contributed by atoms with Crippen molar-refractivity contribution >= 4 is 10.2 Å². The van der Waals surface area contributed by atoms with Gasteiger partial charge in [0, 0.05) is 25.9 Å². The summed E-state index contributed by atoms with van der Waals surface area (Å²) in [5.41, 5.74) is -1.41. The van der Waals surface area contributed by atoms with Crippen molar-refractivity contribution in [2.75, 3.05) is 14.1 Å². The highest BCUT2D eigenvalue weighted by Crippen LogP contribution is 1.96. The van der Waals surface area contributed by atoms with Gasteiger partial charge < -0.3 is 0 Å². The van der Waals surface area contributed by atoms with Crippen LogP contribution in [0.15, 0.2) is 15.8 Å². The third kappa shape index (κ3) is 2.00. The summed E-state index contributed by atoms with van der Waals surface area (Å²) in [5, 5.41) is 0. The number of hydrogen-bond donors (Lipinski definition) is 1. The number of nitrogens with zero attached hydrogens (tertiary/aromatic N) is 2. The number of aromatic amines is 1. The Hall–Kier alpha value is -1.41. The van der Waals surface area contributed by atoms with E-state index in [1.54, 1.807) is 0 Å². The van der Waals surface area contributed by atoms with Crippen LogP contribution in [0.4, 0.5) is 0 Å². The lowest BCUT2D eigenvalue weighted by Gasteiger charge is -2.12. The first-order valence-electron chi connectivity index (χ1n) is 4.02. The Balaban J connectivity index is 3.61. The minimum absolute atomic E-state index is 0.153. The first-order chi connectivity index (χ1) is 6.76. The Bertz CT molecular complexity index is 581. The molecule has 0 atom stereocenters. The van der Waals surface area contributed by atoms with Crippen LogP contribution in [0.3, 0.4) is 0 Å². The van der Waals surface area contributed by atoms with Gasteiger partial charge in [0.2, 0.25) is 0 Å². The van der Waals surface area contributed by atoms with Crippen molar-refractivity contribution in [3.05, 3.63) is 32.6 Å². The van der Waals surface area contributed by atoms with E-state index in [1.165, 1.54) is 21.0 Å². The zero-order chi connectivity index (χ0) is 11.8. The molecule has 0 saturated carbocycles. The molecule has 7 nitrogen and oxygen atoms in total. The van der Waals surface area contributed by atoms with Gasteiger partial charge in [-0.3, -0.25) is 9.78 Å². The lowest BCUT2D eigenvalue weighted by molar-refractivity contribution is 0.507. The third-order valence-electron chi connectivity index (χ3n) is 1.80. The van der Waals surface area contributed by atoms with Gasteiger partial charge in [-0.1, -0.05) is 0 Å². The molecule has 0 unspecified atom stereocenters. The molecule has 15 heavy (non-hydrogen) atoms. The van der Waals surface area contributed by atoms with E-state index in [1.807, 2.05) is 4.98 Å². The predicted molar refractivity (Wildman–Crippen MR) is 54.1 cm³/mol. The van der Waals surface area contributed by atoms with Gasteiger partial charge in [-0.15, -0.1) is 0 Å². The molecular formula is C7H11N3O4S. The minimum atomic E-state index is -3.88. The first kappa shape index (κ1) is 11.7. The van der Waals surface area contributed by atoms with Crippen molar-refractivity contribution in [1.29, 1.82) is 0 Å². The van der Waals surface area contributed by atoms with Crippen molar-refractivity contribution in [3.8, 4) is 0 Å². The average molecular weight is 233 g/mol. The van der Waals surface area contributed by atoms with E-state index in [0.717, 1.165) is 10.5 Å². The van der Waals surface area contributed by atoms with E-state index < -0.39 is 21.5 Å². The smallest absolute Gasteiger partial charge is 0.273 e. The lowest BCUT2D eigenvalue weighted by Crippen LogP contribution is -2.40. The van der Waals surface area contributed by atoms with E-state index in [-0.39, 0.29) is 5.56 Å². The van der Waals surface area contributed by atoms with Gasteiger partial charge in [-0.05, 0) is 6.92 Å².